The van der Waals surface area contributed by atoms with Crippen LogP contribution in [0.25, 0.3) is 33.6 Å². The van der Waals surface area contributed by atoms with Crippen molar-refractivity contribution in [2.45, 2.75) is 76.9 Å². The van der Waals surface area contributed by atoms with Gasteiger partial charge in [0, 0.05) is 46.6 Å². The molecule has 7 aromatic rings. The SMILES string of the molecule is CC(C)(C)[S+]([O-])N1Cc2cc(C(=O)NCc3ccc4c(c3)OCO4)nc(-c3cccc(-c4cc5ccccc5o4)c3)c2C1CCO[Si](c1ccccc1)(c1ccccc1)C(C)(C)C. The fourth-order valence-corrected chi connectivity index (χ4v) is 15.0. The Kier molecular flexibility index (Phi) is 11.6. The van der Waals surface area contributed by atoms with Crippen molar-refractivity contribution in [2.75, 3.05) is 13.4 Å². The Hall–Kier alpha value is -5.69. The number of carbonyl (C=O) groups excluding carboxylic acids is 1. The highest BCUT2D eigenvalue weighted by atomic mass is 32.2. The van der Waals surface area contributed by atoms with Crippen molar-refractivity contribution in [3.8, 4) is 34.1 Å². The minimum Gasteiger partial charge on any atom is -0.597 e. The van der Waals surface area contributed by atoms with Crippen LogP contribution >= 0.6 is 0 Å². The summed E-state index contributed by atoms with van der Waals surface area (Å²) in [5.74, 6) is 1.76. The fourth-order valence-electron chi connectivity index (χ4n) is 9.04. The van der Waals surface area contributed by atoms with E-state index in [0.29, 0.717) is 36.8 Å². The van der Waals surface area contributed by atoms with Gasteiger partial charge in [0.2, 0.25) is 6.79 Å². The molecule has 9 nitrogen and oxygen atoms in total. The van der Waals surface area contributed by atoms with E-state index in [1.807, 2.05) is 93.6 Å². The molecule has 4 heterocycles. The van der Waals surface area contributed by atoms with Crippen molar-refractivity contribution >= 4 is 46.9 Å². The van der Waals surface area contributed by atoms with Crippen LogP contribution in [0.2, 0.25) is 5.04 Å². The lowest BCUT2D eigenvalue weighted by atomic mass is 9.95. The summed E-state index contributed by atoms with van der Waals surface area (Å²) in [4.78, 5) is 19.4. The highest BCUT2D eigenvalue weighted by Gasteiger charge is 2.51. The zero-order valence-electron chi connectivity index (χ0n) is 36.6. The van der Waals surface area contributed by atoms with Crippen LogP contribution in [0.4, 0.5) is 0 Å². The van der Waals surface area contributed by atoms with Gasteiger partial charge in [0.05, 0.1) is 18.3 Å². The van der Waals surface area contributed by atoms with Crippen LogP contribution in [0.3, 0.4) is 0 Å². The third-order valence-electron chi connectivity index (χ3n) is 12.0. The maximum absolute atomic E-state index is 14.7. The molecule has 0 radical (unpaired) electrons. The quantitative estimate of drug-likeness (QED) is 0.0955. The molecular weight excluding hydrogens is 823 g/mol. The molecule has 9 rings (SSSR count). The van der Waals surface area contributed by atoms with Crippen LogP contribution in [0, 0.1) is 0 Å². The molecule has 63 heavy (non-hydrogen) atoms. The van der Waals surface area contributed by atoms with E-state index in [1.54, 1.807) is 0 Å². The highest BCUT2D eigenvalue weighted by molar-refractivity contribution is 7.90. The average molecular weight is 876 g/mol. The topological polar surface area (TPSA) is 109 Å². The first-order chi connectivity index (χ1) is 30.3. The largest absolute Gasteiger partial charge is 0.597 e. The predicted molar refractivity (Wildman–Crippen MR) is 253 cm³/mol. The lowest BCUT2D eigenvalue weighted by Crippen LogP contribution is -2.66. The molecule has 2 aromatic heterocycles. The van der Waals surface area contributed by atoms with E-state index in [2.05, 4.69) is 97.1 Å². The lowest BCUT2D eigenvalue weighted by Gasteiger charge is -2.43. The molecule has 0 saturated carbocycles. The van der Waals surface area contributed by atoms with E-state index in [9.17, 15) is 9.35 Å². The standard InChI is InChI=1S/C52H53N3O6SSi/c1-51(2,3)62(57)55-33-39-30-42(50(56)53-32-35-24-25-45-47(28-35)59-34-58-45)54-49(38-18-15-17-36(29-38)46-31-37-16-13-14-23-44(37)61-46)48(39)43(55)26-27-60-63(52(4,5)6,40-19-9-7-10-20-40)41-21-11-8-12-22-41/h7-25,28-31,43H,26-27,32-34H2,1-6H3,(H,53,56). The summed E-state index contributed by atoms with van der Waals surface area (Å²) in [6, 6.07) is 46.6. The number of pyridine rings is 1. The van der Waals surface area contributed by atoms with E-state index in [4.69, 9.17) is 23.3 Å². The molecule has 0 saturated heterocycles. The first-order valence-corrected chi connectivity index (χ1v) is 24.6. The summed E-state index contributed by atoms with van der Waals surface area (Å²) in [5.41, 5.74) is 6.21. The van der Waals surface area contributed by atoms with Crippen molar-refractivity contribution in [3.05, 3.63) is 162 Å². The molecule has 2 unspecified atom stereocenters. The van der Waals surface area contributed by atoms with Crippen molar-refractivity contribution < 1.29 is 27.7 Å². The summed E-state index contributed by atoms with van der Waals surface area (Å²) in [6.45, 7) is 14.1. The number of amides is 1. The van der Waals surface area contributed by atoms with Gasteiger partial charge in [-0.05, 0) is 90.1 Å². The molecular formula is C52H53N3O6SSi. The summed E-state index contributed by atoms with van der Waals surface area (Å²) < 4.78 is 41.1. The molecule has 5 aromatic carbocycles. The monoisotopic (exact) mass is 875 g/mol. The van der Waals surface area contributed by atoms with Gasteiger partial charge in [-0.15, -0.1) is 4.31 Å². The van der Waals surface area contributed by atoms with Crippen LogP contribution in [0.15, 0.2) is 144 Å². The number of fused-ring (bicyclic) bond motifs is 3. The van der Waals surface area contributed by atoms with Crippen LogP contribution < -0.4 is 25.2 Å². The number of furan rings is 1. The minimum absolute atomic E-state index is 0.175. The van der Waals surface area contributed by atoms with Gasteiger partial charge >= 0.3 is 0 Å². The highest BCUT2D eigenvalue weighted by Crippen LogP contribution is 2.46. The number of aromatic nitrogens is 1. The Morgan fingerprint density at radius 2 is 1.49 bits per heavy atom. The molecule has 0 spiro atoms. The Morgan fingerprint density at radius 1 is 0.810 bits per heavy atom. The maximum Gasteiger partial charge on any atom is 0.270 e. The molecule has 1 N–H and O–H groups in total. The first kappa shape index (κ1) is 42.6. The Bertz CT molecular complexity index is 2690. The number of rotatable bonds is 12. The van der Waals surface area contributed by atoms with E-state index >= 15 is 0 Å². The van der Waals surface area contributed by atoms with Crippen LogP contribution in [-0.2, 0) is 28.9 Å². The van der Waals surface area contributed by atoms with Crippen molar-refractivity contribution in [3.63, 3.8) is 0 Å². The van der Waals surface area contributed by atoms with E-state index in [1.165, 1.54) is 10.4 Å². The van der Waals surface area contributed by atoms with E-state index in [0.717, 1.165) is 44.5 Å². The van der Waals surface area contributed by atoms with E-state index in [-0.39, 0.29) is 36.0 Å². The zero-order chi connectivity index (χ0) is 43.9. The van der Waals surface area contributed by atoms with Gasteiger partial charge in [0.15, 0.2) is 11.5 Å². The molecule has 0 aliphatic carbocycles. The Labute approximate surface area is 373 Å². The third kappa shape index (κ3) is 8.32. The number of para-hydroxylation sites is 1. The Morgan fingerprint density at radius 3 is 2.19 bits per heavy atom. The fraction of sp³-hybridized carbons (Fsp3) is 0.269. The molecule has 2 aliphatic heterocycles. The number of hydrogen-bond acceptors (Lipinski definition) is 8. The molecule has 0 fully saturated rings. The number of carbonyl (C=O) groups is 1. The van der Waals surface area contributed by atoms with Crippen molar-refractivity contribution in [1.29, 1.82) is 0 Å². The van der Waals surface area contributed by atoms with Gasteiger partial charge in [-0.2, -0.15) is 0 Å². The van der Waals surface area contributed by atoms with Gasteiger partial charge in [-0.1, -0.05) is 124 Å². The molecule has 2 aliphatic rings. The van der Waals surface area contributed by atoms with Crippen LogP contribution in [-0.4, -0.2) is 46.2 Å². The molecule has 1 amide bonds. The van der Waals surface area contributed by atoms with Gasteiger partial charge in [-0.3, -0.25) is 4.79 Å². The van der Waals surface area contributed by atoms with E-state index < -0.39 is 24.4 Å². The van der Waals surface area contributed by atoms with Crippen LogP contribution in [0.5, 0.6) is 11.5 Å². The van der Waals surface area contributed by atoms with Crippen LogP contribution in [0.1, 0.15) is 81.2 Å². The molecule has 11 heteroatoms. The number of nitrogens with one attached hydrogen (secondary N) is 1. The van der Waals surface area contributed by atoms with Gasteiger partial charge in [0.25, 0.3) is 14.2 Å². The molecule has 2 atom stereocenters. The zero-order valence-corrected chi connectivity index (χ0v) is 38.5. The summed E-state index contributed by atoms with van der Waals surface area (Å²) in [5, 5.41) is 6.29. The number of ether oxygens (including phenoxy) is 2. The predicted octanol–water partition coefficient (Wildman–Crippen LogP) is 10.1. The van der Waals surface area contributed by atoms with Gasteiger partial charge < -0.3 is 28.2 Å². The second-order valence-electron chi connectivity index (χ2n) is 18.3. The summed E-state index contributed by atoms with van der Waals surface area (Å²) in [7, 11) is -2.89. The van der Waals surface area contributed by atoms with Gasteiger partial charge in [0.1, 0.15) is 21.8 Å². The number of benzene rings is 5. The first-order valence-electron chi connectivity index (χ1n) is 21.5. The van der Waals surface area contributed by atoms with Crippen molar-refractivity contribution in [2.24, 2.45) is 0 Å². The smallest absolute Gasteiger partial charge is 0.270 e. The second-order valence-corrected chi connectivity index (χ2v) is 24.8. The second kappa shape index (κ2) is 17.1. The Balaban J connectivity index is 1.13. The maximum atomic E-state index is 14.7. The summed E-state index contributed by atoms with van der Waals surface area (Å²) >= 11 is -1.41. The van der Waals surface area contributed by atoms with Crippen molar-refractivity contribution in [1.82, 2.24) is 14.6 Å². The summed E-state index contributed by atoms with van der Waals surface area (Å²) in [6.07, 6.45) is 0.549. The third-order valence-corrected chi connectivity index (χ3v) is 18.9. The van der Waals surface area contributed by atoms with Gasteiger partial charge in [-0.25, -0.2) is 4.98 Å². The molecule has 322 valence electrons. The normalized spacial score (nSPS) is 15.7. The average Bonchev–Trinajstić information content (AvgIpc) is 4.03. The minimum atomic E-state index is -2.89. The number of nitrogens with zero attached hydrogens (tertiary/aromatic N) is 2. The number of hydrogen-bond donors (Lipinski definition) is 1. The lowest BCUT2D eigenvalue weighted by molar-refractivity contribution is 0.0945. The molecule has 0 bridgehead atoms.